The summed E-state index contributed by atoms with van der Waals surface area (Å²) in [6.07, 6.45) is 0.0809. The quantitative estimate of drug-likeness (QED) is 0.777. The number of ketones is 1. The lowest BCUT2D eigenvalue weighted by Gasteiger charge is -2.14. The molecule has 2 atom stereocenters. The summed E-state index contributed by atoms with van der Waals surface area (Å²) in [4.78, 5) is 12.2. The number of sulfone groups is 1. The van der Waals surface area contributed by atoms with Crippen LogP contribution in [-0.2, 0) is 14.6 Å². The molecule has 6 nitrogen and oxygen atoms in total. The van der Waals surface area contributed by atoms with E-state index in [4.69, 9.17) is 14.2 Å². The van der Waals surface area contributed by atoms with Gasteiger partial charge in [0.25, 0.3) is 0 Å². The van der Waals surface area contributed by atoms with Crippen LogP contribution in [0.3, 0.4) is 0 Å². The monoisotopic (exact) mass is 312 g/mol. The van der Waals surface area contributed by atoms with Crippen LogP contribution in [-0.4, -0.2) is 44.7 Å². The first-order valence-corrected chi connectivity index (χ1v) is 8.45. The maximum Gasteiger partial charge on any atom is 0.231 e. The van der Waals surface area contributed by atoms with Crippen LogP contribution in [0.4, 0.5) is 0 Å². The van der Waals surface area contributed by atoms with Crippen molar-refractivity contribution in [1.29, 1.82) is 0 Å². The summed E-state index contributed by atoms with van der Waals surface area (Å²) in [5.41, 5.74) is 0.314. The third kappa shape index (κ3) is 2.75. The van der Waals surface area contributed by atoms with E-state index < -0.39 is 26.6 Å². The van der Waals surface area contributed by atoms with Gasteiger partial charge in [-0.15, -0.1) is 0 Å². The first kappa shape index (κ1) is 14.3. The summed E-state index contributed by atoms with van der Waals surface area (Å²) in [5.74, 6) is 0.0841. The zero-order valence-electron chi connectivity index (χ0n) is 11.6. The fourth-order valence-electron chi connectivity index (χ4n) is 2.63. The van der Waals surface area contributed by atoms with Crippen LogP contribution in [0, 0.1) is 0 Å². The van der Waals surface area contributed by atoms with Crippen molar-refractivity contribution in [2.45, 2.75) is 24.7 Å². The van der Waals surface area contributed by atoms with Gasteiger partial charge in [-0.2, -0.15) is 0 Å². The molecule has 2 unspecified atom stereocenters. The van der Waals surface area contributed by atoms with Crippen molar-refractivity contribution in [3.63, 3.8) is 0 Å². The third-order valence-electron chi connectivity index (χ3n) is 3.79. The van der Waals surface area contributed by atoms with E-state index in [1.165, 1.54) is 6.07 Å². The van der Waals surface area contributed by atoms with Crippen molar-refractivity contribution < 1.29 is 27.4 Å². The van der Waals surface area contributed by atoms with Crippen LogP contribution in [0.2, 0.25) is 0 Å². The molecular formula is C14H16O6S. The highest BCUT2D eigenvalue weighted by Crippen LogP contribution is 2.33. The Morgan fingerprint density at radius 2 is 2.05 bits per heavy atom. The molecule has 0 N–H and O–H groups in total. The van der Waals surface area contributed by atoms with Crippen molar-refractivity contribution >= 4 is 15.6 Å². The second-order valence-corrected chi connectivity index (χ2v) is 7.42. The van der Waals surface area contributed by atoms with E-state index in [0.29, 0.717) is 30.1 Å². The van der Waals surface area contributed by atoms with E-state index in [9.17, 15) is 13.2 Å². The average Bonchev–Trinajstić information content (AvgIpc) is 3.05. The first-order chi connectivity index (χ1) is 9.97. The summed E-state index contributed by atoms with van der Waals surface area (Å²) < 4.78 is 40.2. The van der Waals surface area contributed by atoms with Gasteiger partial charge >= 0.3 is 0 Å². The minimum Gasteiger partial charge on any atom is -0.454 e. The van der Waals surface area contributed by atoms with Gasteiger partial charge in [0.15, 0.2) is 27.1 Å². The minimum atomic E-state index is -3.52. The Kier molecular flexibility index (Phi) is 3.62. The van der Waals surface area contributed by atoms with Gasteiger partial charge in [-0.3, -0.25) is 4.79 Å². The van der Waals surface area contributed by atoms with Gasteiger partial charge in [0, 0.05) is 12.2 Å². The van der Waals surface area contributed by atoms with Gasteiger partial charge in [0.1, 0.15) is 5.75 Å². The number of fused-ring (bicyclic) bond motifs is 1. The number of carbonyl (C=O) groups is 1. The molecular weight excluding hydrogens is 296 g/mol. The molecule has 0 aliphatic carbocycles. The Bertz CT molecular complexity index is 666. The van der Waals surface area contributed by atoms with Gasteiger partial charge < -0.3 is 14.2 Å². The molecule has 3 rings (SSSR count). The number of hydrogen-bond donors (Lipinski definition) is 0. The number of ether oxygens (including phenoxy) is 3. The lowest BCUT2D eigenvalue weighted by Crippen LogP contribution is -2.32. The van der Waals surface area contributed by atoms with Crippen molar-refractivity contribution in [3.05, 3.63) is 23.8 Å². The van der Waals surface area contributed by atoms with Gasteiger partial charge in [-0.25, -0.2) is 8.42 Å². The van der Waals surface area contributed by atoms with Gasteiger partial charge in [0.05, 0.1) is 11.4 Å². The summed E-state index contributed by atoms with van der Waals surface area (Å²) in [5, 5.41) is -0.601. The van der Waals surface area contributed by atoms with Crippen molar-refractivity contribution in [2.24, 2.45) is 0 Å². The summed E-state index contributed by atoms with van der Waals surface area (Å²) in [6.45, 7) is 2.26. The Morgan fingerprint density at radius 3 is 2.76 bits per heavy atom. The van der Waals surface area contributed by atoms with E-state index in [1.54, 1.807) is 19.1 Å². The maximum atomic E-state index is 12.3. The zero-order chi connectivity index (χ0) is 15.0. The van der Waals surface area contributed by atoms with E-state index in [0.717, 1.165) is 0 Å². The molecule has 0 bridgehead atoms. The van der Waals surface area contributed by atoms with Crippen molar-refractivity contribution in [2.75, 3.05) is 19.2 Å². The van der Waals surface area contributed by atoms with Crippen LogP contribution in [0.1, 0.15) is 23.7 Å². The molecule has 2 aliphatic rings. The van der Waals surface area contributed by atoms with Gasteiger partial charge in [-0.05, 0) is 31.5 Å². The Hall–Kier alpha value is -1.60. The van der Waals surface area contributed by atoms with Crippen molar-refractivity contribution in [3.8, 4) is 11.5 Å². The highest BCUT2D eigenvalue weighted by Gasteiger charge is 2.37. The molecule has 114 valence electrons. The number of benzene rings is 1. The second kappa shape index (κ2) is 5.31. The standard InChI is InChI=1S/C14H16O6S/c1-9-14(4-5-18-9)21(16,17)7-11(15)10-2-3-12-13(6-10)20-8-19-12/h2-3,6,9,14H,4-5,7-8H2,1H3. The summed E-state index contributed by atoms with van der Waals surface area (Å²) in [6, 6.07) is 4.69. The Morgan fingerprint density at radius 1 is 1.29 bits per heavy atom. The highest BCUT2D eigenvalue weighted by molar-refractivity contribution is 7.92. The van der Waals surface area contributed by atoms with E-state index >= 15 is 0 Å². The number of hydrogen-bond acceptors (Lipinski definition) is 6. The smallest absolute Gasteiger partial charge is 0.231 e. The average molecular weight is 312 g/mol. The van der Waals surface area contributed by atoms with Crippen molar-refractivity contribution in [1.82, 2.24) is 0 Å². The Balaban J connectivity index is 1.77. The van der Waals surface area contributed by atoms with Crippen LogP contribution in [0.5, 0.6) is 11.5 Å². The Labute approximate surface area is 122 Å². The second-order valence-electron chi connectivity index (χ2n) is 5.20. The topological polar surface area (TPSA) is 78.9 Å². The van der Waals surface area contributed by atoms with Gasteiger partial charge in [-0.1, -0.05) is 0 Å². The van der Waals surface area contributed by atoms with E-state index in [-0.39, 0.29) is 12.9 Å². The highest BCUT2D eigenvalue weighted by atomic mass is 32.2. The molecule has 0 saturated carbocycles. The van der Waals surface area contributed by atoms with Crippen LogP contribution >= 0.6 is 0 Å². The summed E-state index contributed by atoms with van der Waals surface area (Å²) in [7, 11) is -3.52. The maximum absolute atomic E-state index is 12.3. The molecule has 1 aromatic carbocycles. The molecule has 1 saturated heterocycles. The zero-order valence-corrected chi connectivity index (χ0v) is 12.4. The fourth-order valence-corrected chi connectivity index (χ4v) is 4.49. The molecule has 21 heavy (non-hydrogen) atoms. The normalized spacial score (nSPS) is 24.2. The minimum absolute atomic E-state index is 0.113. The molecule has 0 amide bonds. The first-order valence-electron chi connectivity index (χ1n) is 6.73. The number of rotatable bonds is 4. The van der Waals surface area contributed by atoms with Crippen LogP contribution in [0.15, 0.2) is 18.2 Å². The lowest BCUT2D eigenvalue weighted by atomic mass is 10.1. The largest absolute Gasteiger partial charge is 0.454 e. The molecule has 0 spiro atoms. The molecule has 7 heteroatoms. The fraction of sp³-hybridized carbons (Fsp3) is 0.500. The van der Waals surface area contributed by atoms with E-state index in [2.05, 4.69) is 0 Å². The SMILES string of the molecule is CC1OCCC1S(=O)(=O)CC(=O)c1ccc2c(c1)OCO2. The van der Waals surface area contributed by atoms with E-state index in [1.807, 2.05) is 0 Å². The number of Topliss-reactive ketones (excluding diaryl/α,β-unsaturated/α-hetero) is 1. The molecule has 0 radical (unpaired) electrons. The van der Waals surface area contributed by atoms with Crippen LogP contribution in [0.25, 0.3) is 0 Å². The predicted octanol–water partition coefficient (Wildman–Crippen LogP) is 1.19. The third-order valence-corrected chi connectivity index (χ3v) is 6.00. The van der Waals surface area contributed by atoms with Gasteiger partial charge in [0.2, 0.25) is 6.79 Å². The molecule has 0 aromatic heterocycles. The molecule has 1 aromatic rings. The molecule has 1 fully saturated rings. The summed E-state index contributed by atoms with van der Waals surface area (Å²) >= 11 is 0. The number of carbonyl (C=O) groups excluding carboxylic acids is 1. The molecule has 2 aliphatic heterocycles. The lowest BCUT2D eigenvalue weighted by molar-refractivity contribution is 0.101. The molecule has 2 heterocycles. The van der Waals surface area contributed by atoms with Crippen LogP contribution < -0.4 is 9.47 Å². The predicted molar refractivity (Wildman–Crippen MR) is 74.5 cm³/mol.